The van der Waals surface area contributed by atoms with Crippen molar-refractivity contribution < 1.29 is 8.42 Å². The summed E-state index contributed by atoms with van der Waals surface area (Å²) in [5.74, 6) is 1.66. The Hall–Kier alpha value is -1.73. The van der Waals surface area contributed by atoms with Crippen LogP contribution < -0.4 is 10.0 Å². The smallest absolute Gasteiger partial charge is 0.209 e. The summed E-state index contributed by atoms with van der Waals surface area (Å²) in [5, 5.41) is 6.22. The van der Waals surface area contributed by atoms with Gasteiger partial charge in [0.2, 0.25) is 10.0 Å². The summed E-state index contributed by atoms with van der Waals surface area (Å²) in [6.45, 7) is 6.15. The van der Waals surface area contributed by atoms with Crippen molar-refractivity contribution in [1.29, 1.82) is 0 Å². The molecule has 0 spiro atoms. The molecule has 1 saturated heterocycles. The number of nitrogens with two attached hydrogens (primary N) is 1. The number of anilines is 1. The second kappa shape index (κ2) is 7.88. The molecule has 1 aliphatic heterocycles. The highest BCUT2D eigenvalue weighted by atomic mass is 32.2. The highest BCUT2D eigenvalue weighted by Gasteiger charge is 2.20. The highest BCUT2D eigenvalue weighted by molar-refractivity contribution is 7.89. The van der Waals surface area contributed by atoms with E-state index in [2.05, 4.69) is 40.8 Å². The molecule has 0 amide bonds. The largest absolute Gasteiger partial charge is 0.356 e. The normalized spacial score (nSPS) is 18.9. The van der Waals surface area contributed by atoms with Crippen LogP contribution in [0.1, 0.15) is 43.2 Å². The number of sulfonamides is 1. The Bertz CT molecular complexity index is 882. The number of rotatable bonds is 5. The van der Waals surface area contributed by atoms with Crippen molar-refractivity contribution in [3.05, 3.63) is 29.6 Å². The SMILES string of the molecule is Cc1cc2ncnc(N3CCCC(CCCS(N)(=O)=O)CC3)c2cc1C. The molecule has 1 aromatic carbocycles. The molecule has 1 atom stereocenters. The molecule has 1 unspecified atom stereocenters. The number of hydrogen-bond donors (Lipinski definition) is 1. The van der Waals surface area contributed by atoms with E-state index in [1.165, 1.54) is 11.1 Å². The van der Waals surface area contributed by atoms with Crippen LogP contribution in [0.5, 0.6) is 0 Å². The van der Waals surface area contributed by atoms with Crippen LogP contribution in [0.15, 0.2) is 18.5 Å². The number of hydrogen-bond acceptors (Lipinski definition) is 5. The minimum Gasteiger partial charge on any atom is -0.356 e. The van der Waals surface area contributed by atoms with Crippen molar-refractivity contribution in [3.8, 4) is 0 Å². The van der Waals surface area contributed by atoms with Gasteiger partial charge in [0, 0.05) is 18.5 Å². The van der Waals surface area contributed by atoms with Gasteiger partial charge in [-0.2, -0.15) is 0 Å². The zero-order valence-electron chi connectivity index (χ0n) is 15.6. The van der Waals surface area contributed by atoms with Gasteiger partial charge in [0.1, 0.15) is 12.1 Å². The van der Waals surface area contributed by atoms with E-state index in [4.69, 9.17) is 5.14 Å². The molecule has 3 rings (SSSR count). The fourth-order valence-corrected chi connectivity index (χ4v) is 4.36. The molecule has 26 heavy (non-hydrogen) atoms. The molecule has 0 saturated carbocycles. The molecule has 2 N–H and O–H groups in total. The third-order valence-corrected chi connectivity index (χ3v) is 6.28. The van der Waals surface area contributed by atoms with E-state index in [1.807, 2.05) is 0 Å². The van der Waals surface area contributed by atoms with Gasteiger partial charge in [0.15, 0.2) is 0 Å². The zero-order chi connectivity index (χ0) is 18.7. The van der Waals surface area contributed by atoms with Gasteiger partial charge in [-0.3, -0.25) is 0 Å². The van der Waals surface area contributed by atoms with E-state index in [-0.39, 0.29) is 5.75 Å². The first-order chi connectivity index (χ1) is 12.3. The van der Waals surface area contributed by atoms with Gasteiger partial charge in [-0.1, -0.05) is 0 Å². The van der Waals surface area contributed by atoms with Gasteiger partial charge in [-0.25, -0.2) is 23.5 Å². The van der Waals surface area contributed by atoms with Gasteiger partial charge in [0.25, 0.3) is 0 Å². The summed E-state index contributed by atoms with van der Waals surface area (Å²) >= 11 is 0. The van der Waals surface area contributed by atoms with E-state index in [0.29, 0.717) is 12.3 Å². The quantitative estimate of drug-likeness (QED) is 0.866. The Morgan fingerprint density at radius 1 is 1.15 bits per heavy atom. The lowest BCUT2D eigenvalue weighted by Crippen LogP contribution is -2.25. The average molecular weight is 377 g/mol. The molecule has 142 valence electrons. The maximum atomic E-state index is 11.1. The van der Waals surface area contributed by atoms with Gasteiger partial charge in [0.05, 0.1) is 11.3 Å². The molecule has 0 bridgehead atoms. The van der Waals surface area contributed by atoms with Crippen molar-refractivity contribution in [1.82, 2.24) is 9.97 Å². The maximum Gasteiger partial charge on any atom is 0.209 e. The van der Waals surface area contributed by atoms with E-state index in [1.54, 1.807) is 6.33 Å². The zero-order valence-corrected chi connectivity index (χ0v) is 16.4. The summed E-state index contributed by atoms with van der Waals surface area (Å²) in [7, 11) is -3.35. The minimum absolute atomic E-state index is 0.0857. The van der Waals surface area contributed by atoms with E-state index in [9.17, 15) is 8.42 Å². The average Bonchev–Trinajstić information content (AvgIpc) is 2.80. The van der Waals surface area contributed by atoms with Crippen LogP contribution in [0.4, 0.5) is 5.82 Å². The van der Waals surface area contributed by atoms with Crippen molar-refractivity contribution in [2.45, 2.75) is 46.0 Å². The lowest BCUT2D eigenvalue weighted by Gasteiger charge is -2.23. The summed E-state index contributed by atoms with van der Waals surface area (Å²) in [6.07, 6.45) is 6.51. The fraction of sp³-hybridized carbons (Fsp3) is 0.579. The molecule has 0 aliphatic carbocycles. The molecule has 0 radical (unpaired) electrons. The Morgan fingerprint density at radius 3 is 2.69 bits per heavy atom. The summed E-state index contributed by atoms with van der Waals surface area (Å²) in [5.41, 5.74) is 3.49. The minimum atomic E-state index is -3.35. The summed E-state index contributed by atoms with van der Waals surface area (Å²) in [6, 6.07) is 4.32. The van der Waals surface area contributed by atoms with Crippen molar-refractivity contribution in [2.24, 2.45) is 11.1 Å². The van der Waals surface area contributed by atoms with Gasteiger partial charge in [-0.15, -0.1) is 0 Å². The van der Waals surface area contributed by atoms with Crippen molar-refractivity contribution >= 4 is 26.7 Å². The van der Waals surface area contributed by atoms with Crippen LogP contribution in [0.3, 0.4) is 0 Å². The van der Waals surface area contributed by atoms with Crippen molar-refractivity contribution in [3.63, 3.8) is 0 Å². The second-order valence-electron chi connectivity index (χ2n) is 7.44. The second-order valence-corrected chi connectivity index (χ2v) is 9.18. The number of primary sulfonamides is 1. The van der Waals surface area contributed by atoms with Crippen molar-refractivity contribution in [2.75, 3.05) is 23.7 Å². The van der Waals surface area contributed by atoms with Gasteiger partial charge < -0.3 is 4.90 Å². The first-order valence-corrected chi connectivity index (χ1v) is 11.0. The molecule has 1 fully saturated rings. The van der Waals surface area contributed by atoms with Crippen LogP contribution in [-0.2, 0) is 10.0 Å². The number of benzene rings is 1. The van der Waals surface area contributed by atoms with Crippen LogP contribution in [0, 0.1) is 19.8 Å². The van der Waals surface area contributed by atoms with Crippen LogP contribution in [-0.4, -0.2) is 37.2 Å². The first-order valence-electron chi connectivity index (χ1n) is 9.31. The third-order valence-electron chi connectivity index (χ3n) is 5.42. The molecular weight excluding hydrogens is 348 g/mol. The lowest BCUT2D eigenvalue weighted by molar-refractivity contribution is 0.435. The molecular formula is C19H28N4O2S. The Morgan fingerprint density at radius 2 is 1.92 bits per heavy atom. The van der Waals surface area contributed by atoms with E-state index >= 15 is 0 Å². The van der Waals surface area contributed by atoms with Crippen LogP contribution in [0.2, 0.25) is 0 Å². The lowest BCUT2D eigenvalue weighted by atomic mass is 9.96. The van der Waals surface area contributed by atoms with Gasteiger partial charge >= 0.3 is 0 Å². The Labute approximate surface area is 155 Å². The molecule has 2 heterocycles. The number of fused-ring (bicyclic) bond motifs is 1. The highest BCUT2D eigenvalue weighted by Crippen LogP contribution is 2.29. The predicted molar refractivity (Wildman–Crippen MR) is 106 cm³/mol. The molecule has 2 aromatic rings. The molecule has 6 nitrogen and oxygen atoms in total. The summed E-state index contributed by atoms with van der Waals surface area (Å²) in [4.78, 5) is 11.4. The molecule has 1 aromatic heterocycles. The monoisotopic (exact) mass is 376 g/mol. The fourth-order valence-electron chi connectivity index (χ4n) is 3.79. The molecule has 1 aliphatic rings. The van der Waals surface area contributed by atoms with Crippen LogP contribution >= 0.6 is 0 Å². The topological polar surface area (TPSA) is 89.2 Å². The Balaban J connectivity index is 1.71. The van der Waals surface area contributed by atoms with Gasteiger partial charge in [-0.05, 0) is 75.1 Å². The molecule has 7 heteroatoms. The van der Waals surface area contributed by atoms with Crippen LogP contribution in [0.25, 0.3) is 10.9 Å². The third kappa shape index (κ3) is 4.71. The number of aromatic nitrogens is 2. The van der Waals surface area contributed by atoms with E-state index in [0.717, 1.165) is 55.5 Å². The predicted octanol–water partition coefficient (Wildman–Crippen LogP) is 2.92. The number of aryl methyl sites for hydroxylation is 2. The maximum absolute atomic E-state index is 11.1. The number of nitrogens with zero attached hydrogens (tertiary/aromatic N) is 3. The standard InChI is InChI=1S/C19H28N4O2S/c1-14-11-17-18(12-15(14)2)21-13-22-19(17)23-8-3-5-16(7-9-23)6-4-10-26(20,24)25/h11-13,16H,3-10H2,1-2H3,(H2,20,24,25). The summed E-state index contributed by atoms with van der Waals surface area (Å²) < 4.78 is 22.2. The Kier molecular flexibility index (Phi) is 5.77. The van der Waals surface area contributed by atoms with E-state index < -0.39 is 10.0 Å². The first kappa shape index (κ1) is 19.0.